The first-order chi connectivity index (χ1) is 17.1. The molecule has 0 atom stereocenters. The monoisotopic (exact) mass is 473 g/mol. The molecule has 8 nitrogen and oxygen atoms in total. The molecule has 2 aliphatic rings. The lowest BCUT2D eigenvalue weighted by Crippen LogP contribution is -2.51. The summed E-state index contributed by atoms with van der Waals surface area (Å²) in [4.78, 5) is 29.8. The lowest BCUT2D eigenvalue weighted by molar-refractivity contribution is -0.122. The first-order valence-corrected chi connectivity index (χ1v) is 12.2. The summed E-state index contributed by atoms with van der Waals surface area (Å²) in [7, 11) is 1.63. The Morgan fingerprint density at radius 2 is 1.80 bits per heavy atom. The minimum absolute atomic E-state index is 0.0378. The van der Waals surface area contributed by atoms with Gasteiger partial charge in [-0.2, -0.15) is 5.10 Å². The van der Waals surface area contributed by atoms with Crippen molar-refractivity contribution in [2.45, 2.75) is 25.4 Å². The highest BCUT2D eigenvalue weighted by molar-refractivity contribution is 6.00. The van der Waals surface area contributed by atoms with Gasteiger partial charge >= 0.3 is 0 Å². The number of carbonyl (C=O) groups is 2. The van der Waals surface area contributed by atoms with Gasteiger partial charge in [0.15, 0.2) is 0 Å². The average Bonchev–Trinajstić information content (AvgIpc) is 3.60. The summed E-state index contributed by atoms with van der Waals surface area (Å²) in [6.45, 7) is 3.48. The Hall–Kier alpha value is -3.65. The molecule has 5 rings (SSSR count). The molecule has 2 aromatic carbocycles. The molecule has 2 amide bonds. The normalized spacial score (nSPS) is 16.2. The second-order valence-electron chi connectivity index (χ2n) is 9.22. The third kappa shape index (κ3) is 5.71. The van der Waals surface area contributed by atoms with Crippen molar-refractivity contribution >= 4 is 11.8 Å². The fourth-order valence-corrected chi connectivity index (χ4v) is 4.40. The lowest BCUT2D eigenvalue weighted by atomic mass is 10.1. The third-order valence-electron chi connectivity index (χ3n) is 6.49. The molecule has 1 aliphatic heterocycles. The standard InChI is InChI=1S/C27H31N5O3/c1-35-23-9-5-8-21(16-23)26-24(18-32(29-26)17-20-6-3-2-4-7-20)27(34)31-14-12-30(13-15-31)19-25(33)28-22-10-11-22/h2-9,16,18,22H,10-15,17,19H2,1H3,(H,28,33). The van der Waals surface area contributed by atoms with Gasteiger partial charge in [-0.15, -0.1) is 0 Å². The first-order valence-electron chi connectivity index (χ1n) is 12.2. The van der Waals surface area contributed by atoms with Crippen molar-refractivity contribution in [3.63, 3.8) is 0 Å². The van der Waals surface area contributed by atoms with E-state index >= 15 is 0 Å². The molecular formula is C27H31N5O3. The third-order valence-corrected chi connectivity index (χ3v) is 6.49. The Morgan fingerprint density at radius 3 is 2.51 bits per heavy atom. The Bertz CT molecular complexity index is 1180. The van der Waals surface area contributed by atoms with Gasteiger partial charge in [0.05, 0.1) is 25.8 Å². The van der Waals surface area contributed by atoms with Crippen LogP contribution < -0.4 is 10.1 Å². The van der Waals surface area contributed by atoms with E-state index in [1.807, 2.05) is 70.4 Å². The number of benzene rings is 2. The SMILES string of the molecule is COc1cccc(-c2nn(Cc3ccccc3)cc2C(=O)N2CCN(CC(=O)NC3CC3)CC2)c1. The van der Waals surface area contributed by atoms with Crippen molar-refractivity contribution in [3.05, 3.63) is 71.9 Å². The minimum atomic E-state index is -0.0378. The van der Waals surface area contributed by atoms with Gasteiger partial charge in [-0.3, -0.25) is 19.2 Å². The first kappa shape index (κ1) is 23.1. The Balaban J connectivity index is 1.33. The van der Waals surface area contributed by atoms with E-state index in [4.69, 9.17) is 9.84 Å². The summed E-state index contributed by atoms with van der Waals surface area (Å²) in [5.74, 6) is 0.760. The maximum atomic E-state index is 13.6. The number of aromatic nitrogens is 2. The van der Waals surface area contributed by atoms with Crippen LogP contribution in [-0.4, -0.2) is 77.3 Å². The van der Waals surface area contributed by atoms with Crippen LogP contribution in [0.4, 0.5) is 0 Å². The molecule has 1 N–H and O–H groups in total. The highest BCUT2D eigenvalue weighted by atomic mass is 16.5. The number of carbonyl (C=O) groups excluding carboxylic acids is 2. The molecule has 0 unspecified atom stereocenters. The predicted octanol–water partition coefficient (Wildman–Crippen LogP) is 2.64. The second-order valence-corrected chi connectivity index (χ2v) is 9.22. The molecule has 182 valence electrons. The largest absolute Gasteiger partial charge is 0.497 e. The van der Waals surface area contributed by atoms with E-state index in [0.29, 0.717) is 56.6 Å². The molecule has 35 heavy (non-hydrogen) atoms. The highest BCUT2D eigenvalue weighted by Gasteiger charge is 2.28. The molecule has 0 bridgehead atoms. The number of ether oxygens (including phenoxy) is 1. The number of methoxy groups -OCH3 is 1. The van der Waals surface area contributed by atoms with Gasteiger partial charge in [0.25, 0.3) is 5.91 Å². The summed E-state index contributed by atoms with van der Waals surface area (Å²) in [6.07, 6.45) is 4.02. The molecule has 8 heteroatoms. The van der Waals surface area contributed by atoms with E-state index < -0.39 is 0 Å². The smallest absolute Gasteiger partial charge is 0.257 e. The van der Waals surface area contributed by atoms with Crippen molar-refractivity contribution < 1.29 is 14.3 Å². The zero-order valence-electron chi connectivity index (χ0n) is 20.0. The number of rotatable bonds is 8. The summed E-state index contributed by atoms with van der Waals surface area (Å²) in [5, 5.41) is 7.84. The number of nitrogens with zero attached hydrogens (tertiary/aromatic N) is 4. The quantitative estimate of drug-likeness (QED) is 0.544. The van der Waals surface area contributed by atoms with Crippen LogP contribution in [0.25, 0.3) is 11.3 Å². The van der Waals surface area contributed by atoms with Gasteiger partial charge in [-0.25, -0.2) is 0 Å². The molecule has 2 fully saturated rings. The Kier molecular flexibility index (Phi) is 6.81. The summed E-state index contributed by atoms with van der Waals surface area (Å²) >= 11 is 0. The van der Waals surface area contributed by atoms with E-state index in [1.54, 1.807) is 7.11 Å². The van der Waals surface area contributed by atoms with Crippen LogP contribution in [0.2, 0.25) is 0 Å². The van der Waals surface area contributed by atoms with Crippen LogP contribution in [-0.2, 0) is 11.3 Å². The van der Waals surface area contributed by atoms with E-state index in [2.05, 4.69) is 10.2 Å². The molecule has 0 spiro atoms. The summed E-state index contributed by atoms with van der Waals surface area (Å²) in [6, 6.07) is 18.1. The fraction of sp³-hybridized carbons (Fsp3) is 0.370. The van der Waals surface area contributed by atoms with Gasteiger partial charge < -0.3 is 15.0 Å². The zero-order valence-corrected chi connectivity index (χ0v) is 20.0. The number of piperazine rings is 1. The van der Waals surface area contributed by atoms with Crippen molar-refractivity contribution in [1.29, 1.82) is 0 Å². The van der Waals surface area contributed by atoms with Crippen LogP contribution in [0.1, 0.15) is 28.8 Å². The van der Waals surface area contributed by atoms with Crippen LogP contribution in [0, 0.1) is 0 Å². The van der Waals surface area contributed by atoms with Gasteiger partial charge in [-0.05, 0) is 30.5 Å². The zero-order chi connectivity index (χ0) is 24.2. The molecule has 1 saturated heterocycles. The van der Waals surface area contributed by atoms with Gasteiger partial charge in [0, 0.05) is 44.0 Å². The molecular weight excluding hydrogens is 442 g/mol. The van der Waals surface area contributed by atoms with Crippen molar-refractivity contribution in [1.82, 2.24) is 24.9 Å². The van der Waals surface area contributed by atoms with E-state index in [1.165, 1.54) is 0 Å². The maximum absolute atomic E-state index is 13.6. The molecule has 1 aliphatic carbocycles. The fourth-order valence-electron chi connectivity index (χ4n) is 4.40. The van der Waals surface area contributed by atoms with E-state index in [9.17, 15) is 9.59 Å². The van der Waals surface area contributed by atoms with Crippen LogP contribution in [0.3, 0.4) is 0 Å². The number of nitrogens with one attached hydrogen (secondary N) is 1. The molecule has 2 heterocycles. The van der Waals surface area contributed by atoms with Crippen LogP contribution in [0.5, 0.6) is 5.75 Å². The number of hydrogen-bond donors (Lipinski definition) is 1. The molecule has 0 radical (unpaired) electrons. The van der Waals surface area contributed by atoms with Crippen LogP contribution >= 0.6 is 0 Å². The topological polar surface area (TPSA) is 79.7 Å². The van der Waals surface area contributed by atoms with Gasteiger partial charge in [0.2, 0.25) is 5.91 Å². The molecule has 1 saturated carbocycles. The highest BCUT2D eigenvalue weighted by Crippen LogP contribution is 2.27. The molecule has 1 aromatic heterocycles. The summed E-state index contributed by atoms with van der Waals surface area (Å²) < 4.78 is 7.23. The number of amides is 2. The Morgan fingerprint density at radius 1 is 1.03 bits per heavy atom. The predicted molar refractivity (Wildman–Crippen MR) is 133 cm³/mol. The average molecular weight is 474 g/mol. The van der Waals surface area contributed by atoms with E-state index in [-0.39, 0.29) is 11.8 Å². The van der Waals surface area contributed by atoms with Gasteiger partial charge in [0.1, 0.15) is 11.4 Å². The van der Waals surface area contributed by atoms with E-state index in [0.717, 1.165) is 29.7 Å². The minimum Gasteiger partial charge on any atom is -0.497 e. The van der Waals surface area contributed by atoms with Crippen LogP contribution in [0.15, 0.2) is 60.8 Å². The van der Waals surface area contributed by atoms with Gasteiger partial charge in [-0.1, -0.05) is 42.5 Å². The van der Waals surface area contributed by atoms with Crippen molar-refractivity contribution in [2.24, 2.45) is 0 Å². The van der Waals surface area contributed by atoms with Crippen molar-refractivity contribution in [3.8, 4) is 17.0 Å². The number of hydrogen-bond acceptors (Lipinski definition) is 5. The van der Waals surface area contributed by atoms with Crippen molar-refractivity contribution in [2.75, 3.05) is 39.8 Å². The lowest BCUT2D eigenvalue weighted by Gasteiger charge is -2.34. The Labute approximate surface area is 205 Å². The summed E-state index contributed by atoms with van der Waals surface area (Å²) in [5.41, 5.74) is 3.18. The second kappa shape index (κ2) is 10.3. The maximum Gasteiger partial charge on any atom is 0.257 e. The molecule has 3 aromatic rings.